The Morgan fingerprint density at radius 3 is 2.62 bits per heavy atom. The van der Waals surface area contributed by atoms with Gasteiger partial charge in [-0.2, -0.15) is 18.3 Å². The largest absolute Gasteiger partial charge is 0.418 e. The first-order valence-corrected chi connectivity index (χ1v) is 8.22. The average Bonchev–Trinajstić information content (AvgIpc) is 3.17. The maximum Gasteiger partial charge on any atom is 0.418 e. The summed E-state index contributed by atoms with van der Waals surface area (Å²) in [7, 11) is 0. The predicted octanol–water partition coefficient (Wildman–Crippen LogP) is 5.32. The number of fused-ring (bicyclic) bond motifs is 1. The number of alkyl halides is 3. The Labute approximate surface area is 151 Å². The molecule has 0 saturated carbocycles. The lowest BCUT2D eigenvalue weighted by Crippen LogP contribution is -2.13. The molecule has 8 heteroatoms. The summed E-state index contributed by atoms with van der Waals surface area (Å²) < 4.78 is 55.8. The Bertz CT molecular complexity index is 995. The average molecular weight is 382 g/mol. The Morgan fingerprint density at radius 1 is 1.12 bits per heavy atom. The summed E-state index contributed by atoms with van der Waals surface area (Å²) in [6.07, 6.45) is -4.05. The number of aromatic nitrogens is 2. The number of rotatable bonds is 2. The van der Waals surface area contributed by atoms with Gasteiger partial charge in [0.25, 0.3) is 0 Å². The molecule has 3 aromatic rings. The number of hydrogen-bond donors (Lipinski definition) is 1. The van der Waals surface area contributed by atoms with Gasteiger partial charge < -0.3 is 5.32 Å². The summed E-state index contributed by atoms with van der Waals surface area (Å²) in [6.45, 7) is 0.545. The topological polar surface area (TPSA) is 29.9 Å². The number of benzene rings is 2. The van der Waals surface area contributed by atoms with Gasteiger partial charge in [-0.1, -0.05) is 23.7 Å². The van der Waals surface area contributed by atoms with E-state index in [1.807, 2.05) is 0 Å². The van der Waals surface area contributed by atoms with E-state index in [9.17, 15) is 17.6 Å². The maximum absolute atomic E-state index is 14.2. The van der Waals surface area contributed by atoms with Gasteiger partial charge in [0.2, 0.25) is 0 Å². The lowest BCUT2D eigenvalue weighted by atomic mass is 10.1. The summed E-state index contributed by atoms with van der Waals surface area (Å²) in [5.41, 5.74) is 0.234. The quantitative estimate of drug-likeness (QED) is 0.609. The number of nitrogens with one attached hydrogen (secondary N) is 1. The van der Waals surface area contributed by atoms with E-state index in [-0.39, 0.29) is 16.3 Å². The van der Waals surface area contributed by atoms with E-state index < -0.39 is 17.6 Å². The summed E-state index contributed by atoms with van der Waals surface area (Å²) >= 11 is 5.75. The second kappa shape index (κ2) is 6.02. The van der Waals surface area contributed by atoms with E-state index >= 15 is 0 Å². The second-order valence-corrected chi connectivity index (χ2v) is 6.34. The molecule has 4 rings (SSSR count). The van der Waals surface area contributed by atoms with E-state index in [1.165, 1.54) is 22.9 Å². The molecule has 1 aliphatic rings. The van der Waals surface area contributed by atoms with E-state index in [1.54, 1.807) is 18.2 Å². The van der Waals surface area contributed by atoms with Crippen LogP contribution in [0.5, 0.6) is 0 Å². The highest BCUT2D eigenvalue weighted by Crippen LogP contribution is 2.40. The van der Waals surface area contributed by atoms with Crippen LogP contribution in [0, 0.1) is 5.82 Å². The monoisotopic (exact) mass is 381 g/mol. The van der Waals surface area contributed by atoms with Crippen molar-refractivity contribution in [1.29, 1.82) is 0 Å². The first kappa shape index (κ1) is 16.9. The molecule has 2 aromatic carbocycles. The van der Waals surface area contributed by atoms with E-state index in [0.29, 0.717) is 30.0 Å². The van der Waals surface area contributed by atoms with E-state index in [0.717, 1.165) is 6.07 Å². The minimum absolute atomic E-state index is 0.0211. The van der Waals surface area contributed by atoms with Crippen molar-refractivity contribution in [3.8, 4) is 16.9 Å². The predicted molar refractivity (Wildman–Crippen MR) is 91.2 cm³/mol. The van der Waals surface area contributed by atoms with Crippen molar-refractivity contribution in [2.24, 2.45) is 0 Å². The molecule has 0 radical (unpaired) electrons. The first-order chi connectivity index (χ1) is 12.4. The smallest absolute Gasteiger partial charge is 0.369 e. The van der Waals surface area contributed by atoms with E-state index in [4.69, 9.17) is 11.6 Å². The lowest BCUT2D eigenvalue weighted by Gasteiger charge is -2.15. The third-order valence-electron chi connectivity index (χ3n) is 4.27. The van der Waals surface area contributed by atoms with Crippen LogP contribution in [0.4, 0.5) is 23.4 Å². The van der Waals surface area contributed by atoms with Gasteiger partial charge in [0, 0.05) is 22.7 Å². The van der Waals surface area contributed by atoms with Gasteiger partial charge in [0.05, 0.1) is 11.3 Å². The fourth-order valence-electron chi connectivity index (χ4n) is 3.14. The van der Waals surface area contributed by atoms with Gasteiger partial charge in [0.1, 0.15) is 17.3 Å². The van der Waals surface area contributed by atoms with E-state index in [2.05, 4.69) is 10.4 Å². The van der Waals surface area contributed by atoms with Gasteiger partial charge in [-0.05, 0) is 36.8 Å². The Kier molecular flexibility index (Phi) is 3.91. The highest BCUT2D eigenvalue weighted by Gasteiger charge is 2.36. The lowest BCUT2D eigenvalue weighted by molar-refractivity contribution is -0.137. The van der Waals surface area contributed by atoms with Crippen LogP contribution >= 0.6 is 11.6 Å². The first-order valence-electron chi connectivity index (χ1n) is 7.84. The molecule has 1 aromatic heterocycles. The second-order valence-electron chi connectivity index (χ2n) is 5.90. The highest BCUT2D eigenvalue weighted by atomic mass is 35.5. The van der Waals surface area contributed by atoms with Crippen molar-refractivity contribution in [3.05, 3.63) is 64.4 Å². The number of anilines is 1. The van der Waals surface area contributed by atoms with Crippen molar-refractivity contribution in [3.63, 3.8) is 0 Å². The Morgan fingerprint density at radius 2 is 1.88 bits per heavy atom. The molecule has 26 heavy (non-hydrogen) atoms. The minimum atomic E-state index is -4.60. The Hall–Kier alpha value is -2.54. The molecular formula is C18H12ClF4N3. The molecule has 0 atom stereocenters. The zero-order chi connectivity index (χ0) is 18.5. The van der Waals surface area contributed by atoms with Gasteiger partial charge >= 0.3 is 6.18 Å². The molecule has 134 valence electrons. The molecular weight excluding hydrogens is 370 g/mol. The van der Waals surface area contributed by atoms with Crippen LogP contribution in [-0.2, 0) is 12.6 Å². The van der Waals surface area contributed by atoms with Gasteiger partial charge in [-0.25, -0.2) is 9.07 Å². The van der Waals surface area contributed by atoms with Crippen LogP contribution in [0.25, 0.3) is 16.9 Å². The molecule has 0 amide bonds. The molecule has 1 N–H and O–H groups in total. The third kappa shape index (κ3) is 2.72. The number of hydrogen-bond acceptors (Lipinski definition) is 2. The van der Waals surface area contributed by atoms with Crippen LogP contribution < -0.4 is 5.32 Å². The van der Waals surface area contributed by atoms with Crippen molar-refractivity contribution in [1.82, 2.24) is 9.78 Å². The zero-order valence-electron chi connectivity index (χ0n) is 13.2. The van der Waals surface area contributed by atoms with Gasteiger partial charge in [-0.15, -0.1) is 0 Å². The Balaban J connectivity index is 1.96. The van der Waals surface area contributed by atoms with Crippen molar-refractivity contribution in [2.45, 2.75) is 12.6 Å². The number of halogens is 5. The SMILES string of the molecule is Fc1ccccc1-c1nn(-c2ccc(Cl)cc2C(F)(F)F)c2c1CCN2. The number of nitrogens with zero attached hydrogens (tertiary/aromatic N) is 2. The molecule has 0 bridgehead atoms. The molecule has 0 aliphatic carbocycles. The molecule has 0 saturated heterocycles. The van der Waals surface area contributed by atoms with Crippen LogP contribution in [0.15, 0.2) is 42.5 Å². The maximum atomic E-state index is 14.2. The van der Waals surface area contributed by atoms with Crippen LogP contribution in [-0.4, -0.2) is 16.3 Å². The molecule has 2 heterocycles. The van der Waals surface area contributed by atoms with Gasteiger partial charge in [-0.3, -0.25) is 0 Å². The van der Waals surface area contributed by atoms with Crippen molar-refractivity contribution < 1.29 is 17.6 Å². The molecule has 3 nitrogen and oxygen atoms in total. The third-order valence-corrected chi connectivity index (χ3v) is 4.51. The zero-order valence-corrected chi connectivity index (χ0v) is 14.0. The molecule has 0 unspecified atom stereocenters. The van der Waals surface area contributed by atoms with Crippen molar-refractivity contribution >= 4 is 17.4 Å². The molecule has 0 fully saturated rings. The van der Waals surface area contributed by atoms with Crippen LogP contribution in [0.1, 0.15) is 11.1 Å². The summed E-state index contributed by atoms with van der Waals surface area (Å²) in [5, 5.41) is 7.33. The minimum Gasteiger partial charge on any atom is -0.369 e. The highest BCUT2D eigenvalue weighted by molar-refractivity contribution is 6.30. The van der Waals surface area contributed by atoms with Crippen LogP contribution in [0.3, 0.4) is 0 Å². The fraction of sp³-hybridized carbons (Fsp3) is 0.167. The summed E-state index contributed by atoms with van der Waals surface area (Å²) in [4.78, 5) is 0. The van der Waals surface area contributed by atoms with Crippen molar-refractivity contribution in [2.75, 3.05) is 11.9 Å². The standard InChI is InChI=1S/C18H12ClF4N3/c19-10-5-6-15(13(9-10)18(21,22)23)26-17-12(7-8-24-17)16(25-26)11-3-1-2-4-14(11)20/h1-6,9,24H,7-8H2. The normalized spacial score (nSPS) is 13.6. The summed E-state index contributed by atoms with van der Waals surface area (Å²) in [5.74, 6) is -0.0323. The molecule has 0 spiro atoms. The van der Waals surface area contributed by atoms with Crippen LogP contribution in [0.2, 0.25) is 5.02 Å². The van der Waals surface area contributed by atoms with Gasteiger partial charge in [0.15, 0.2) is 0 Å². The summed E-state index contributed by atoms with van der Waals surface area (Å²) in [6, 6.07) is 9.58. The fourth-order valence-corrected chi connectivity index (χ4v) is 3.31. The molecule has 1 aliphatic heterocycles.